The molecule has 4 N–H and O–H groups in total. The van der Waals surface area contributed by atoms with Crippen LogP contribution in [0.15, 0.2) is 40.1 Å². The van der Waals surface area contributed by atoms with Gasteiger partial charge in [0.1, 0.15) is 0 Å². The van der Waals surface area contributed by atoms with Gasteiger partial charge in [0.25, 0.3) is 0 Å². The van der Waals surface area contributed by atoms with Crippen molar-refractivity contribution < 1.29 is 55.7 Å². The molecule has 0 aliphatic heterocycles. The maximum Gasteiger partial charge on any atom is 0.346 e. The summed E-state index contributed by atoms with van der Waals surface area (Å²) in [6, 6.07) is 2.29. The van der Waals surface area contributed by atoms with Crippen molar-refractivity contribution in [3.8, 4) is 0 Å². The van der Waals surface area contributed by atoms with E-state index in [1.165, 1.54) is 14.1 Å². The van der Waals surface area contributed by atoms with Gasteiger partial charge in [0, 0.05) is 56.4 Å². The zero-order chi connectivity index (χ0) is 18.2. The maximum atomic E-state index is 11.2. The number of benzene rings is 1. The molecule has 9 nitrogen and oxygen atoms in total. The fourth-order valence-corrected chi connectivity index (χ4v) is 1.66. The molecule has 2 heterocycles. The van der Waals surface area contributed by atoms with Gasteiger partial charge >= 0.3 is 22.5 Å². The van der Waals surface area contributed by atoms with E-state index < -0.39 is 22.5 Å². The SMILES string of the molecule is CN.CN.COC.O=c1oc(=O)c2cc3c(=O)oc(=O)c3cc12.[W].[W]. The van der Waals surface area contributed by atoms with E-state index in [1.54, 1.807) is 14.2 Å². The number of nitrogens with two attached hydrogens (primary N) is 2. The molecular weight excluding hydrogens is 676 g/mol. The van der Waals surface area contributed by atoms with E-state index >= 15 is 0 Å². The van der Waals surface area contributed by atoms with E-state index in [4.69, 9.17) is 0 Å². The van der Waals surface area contributed by atoms with Crippen LogP contribution < -0.4 is 34.0 Å². The van der Waals surface area contributed by atoms with Crippen LogP contribution in [0.2, 0.25) is 0 Å². The molecule has 3 aromatic rings. The molecule has 0 aliphatic carbocycles. The molecule has 0 unspecified atom stereocenters. The van der Waals surface area contributed by atoms with Gasteiger partial charge in [-0.1, -0.05) is 0 Å². The minimum atomic E-state index is -0.824. The molecule has 0 fully saturated rings. The summed E-state index contributed by atoms with van der Waals surface area (Å²) in [4.78, 5) is 44.7. The van der Waals surface area contributed by atoms with Crippen LogP contribution in [0.25, 0.3) is 21.5 Å². The van der Waals surface area contributed by atoms with Gasteiger partial charge in [-0.25, -0.2) is 19.2 Å². The monoisotopic (exact) mass is 694 g/mol. The van der Waals surface area contributed by atoms with Gasteiger partial charge in [0.15, 0.2) is 0 Å². The summed E-state index contributed by atoms with van der Waals surface area (Å²) in [5.41, 5.74) is 5.70. The van der Waals surface area contributed by atoms with Crippen LogP contribution in [-0.4, -0.2) is 28.3 Å². The summed E-state index contributed by atoms with van der Waals surface area (Å²) in [6.07, 6.45) is 0. The fourth-order valence-electron chi connectivity index (χ4n) is 1.66. The summed E-state index contributed by atoms with van der Waals surface area (Å²) >= 11 is 0. The fraction of sp³-hybridized carbons (Fsp3) is 0.286. The van der Waals surface area contributed by atoms with Crippen molar-refractivity contribution in [2.75, 3.05) is 28.3 Å². The number of rotatable bonds is 0. The Bertz CT molecular complexity index is 809. The van der Waals surface area contributed by atoms with Crippen LogP contribution in [0.1, 0.15) is 0 Å². The Labute approximate surface area is 170 Å². The van der Waals surface area contributed by atoms with Crippen molar-refractivity contribution in [3.05, 3.63) is 53.8 Å². The Morgan fingerprint density at radius 1 is 0.640 bits per heavy atom. The first-order valence-electron chi connectivity index (χ1n) is 6.26. The zero-order valence-electron chi connectivity index (χ0n) is 14.0. The Morgan fingerprint density at radius 2 is 0.800 bits per heavy atom. The summed E-state index contributed by atoms with van der Waals surface area (Å²) < 4.78 is 12.9. The van der Waals surface area contributed by atoms with Crippen molar-refractivity contribution in [1.82, 2.24) is 0 Å². The molecule has 0 aliphatic rings. The first-order valence-corrected chi connectivity index (χ1v) is 6.26. The number of hydrogen-bond acceptors (Lipinski definition) is 9. The van der Waals surface area contributed by atoms with Crippen molar-refractivity contribution in [1.29, 1.82) is 0 Å². The van der Waals surface area contributed by atoms with E-state index in [0.29, 0.717) is 0 Å². The second-order valence-corrected chi connectivity index (χ2v) is 3.71. The normalized spacial score (nSPS) is 8.56. The first kappa shape index (κ1) is 28.6. The number of methoxy groups -OCH3 is 1. The minimum Gasteiger partial charge on any atom is -0.388 e. The Hall–Kier alpha value is -1.24. The van der Waals surface area contributed by atoms with E-state index in [2.05, 4.69) is 25.0 Å². The minimum absolute atomic E-state index is 0. The van der Waals surface area contributed by atoms with E-state index in [9.17, 15) is 19.2 Å². The maximum absolute atomic E-state index is 11.2. The van der Waals surface area contributed by atoms with Crippen LogP contribution in [0.3, 0.4) is 0 Å². The Balaban J connectivity index is -0.000000479. The van der Waals surface area contributed by atoms with E-state index in [-0.39, 0.29) is 63.7 Å². The third-order valence-electron chi connectivity index (χ3n) is 2.41. The van der Waals surface area contributed by atoms with Crippen LogP contribution in [0, 0.1) is 0 Å². The quantitative estimate of drug-likeness (QED) is 0.299. The molecule has 0 saturated carbocycles. The smallest absolute Gasteiger partial charge is 0.346 e. The summed E-state index contributed by atoms with van der Waals surface area (Å²) in [5.74, 6) is 0. The molecule has 0 saturated heterocycles. The van der Waals surface area contributed by atoms with Gasteiger partial charge in [-0.05, 0) is 26.2 Å². The second kappa shape index (κ2) is 14.0. The van der Waals surface area contributed by atoms with Crippen LogP contribution >= 0.6 is 0 Å². The molecule has 3 rings (SSSR count). The Kier molecular flexibility index (Phi) is 16.0. The second-order valence-electron chi connectivity index (χ2n) is 3.71. The molecule has 138 valence electrons. The predicted molar refractivity (Wildman–Crippen MR) is 86.6 cm³/mol. The number of hydrogen-bond donors (Lipinski definition) is 2. The molecule has 11 heteroatoms. The summed E-state index contributed by atoms with van der Waals surface area (Å²) in [5, 5.41) is -0.0726. The number of ether oxygens (including phenoxy) is 1. The molecule has 0 amide bonds. The number of fused-ring (bicyclic) bond motifs is 2. The average molecular weight is 694 g/mol. The standard InChI is InChI=1S/C10H2O6.C2H6O.2CH5N.2W/c11-7-3-1-4-6(10(14)16-8(4)12)2-5(3)9(13)15-7;1-3-2;2*1-2;;/h1-2H;1-2H3;2*2H2,1H3;;. The van der Waals surface area contributed by atoms with Crippen molar-refractivity contribution in [2.45, 2.75) is 0 Å². The zero-order valence-corrected chi connectivity index (χ0v) is 19.9. The van der Waals surface area contributed by atoms with Gasteiger partial charge in [0.05, 0.1) is 21.5 Å². The number of furan rings is 2. The Morgan fingerprint density at radius 3 is 0.960 bits per heavy atom. The molecule has 2 aromatic heterocycles. The molecule has 0 atom stereocenters. The van der Waals surface area contributed by atoms with Gasteiger partial charge in [-0.3, -0.25) is 0 Å². The van der Waals surface area contributed by atoms with Gasteiger partial charge in [-0.15, -0.1) is 0 Å². The third kappa shape index (κ3) is 6.53. The molecule has 0 spiro atoms. The van der Waals surface area contributed by atoms with Crippen LogP contribution in [0.5, 0.6) is 0 Å². The van der Waals surface area contributed by atoms with Crippen LogP contribution in [0.4, 0.5) is 0 Å². The summed E-state index contributed by atoms with van der Waals surface area (Å²) in [6.45, 7) is 0. The van der Waals surface area contributed by atoms with Gasteiger partial charge in [0.2, 0.25) is 0 Å². The van der Waals surface area contributed by atoms with E-state index in [1.807, 2.05) is 0 Å². The largest absolute Gasteiger partial charge is 0.388 e. The van der Waals surface area contributed by atoms with Crippen LogP contribution in [-0.2, 0) is 46.9 Å². The predicted octanol–water partition coefficient (Wildman–Crippen LogP) is -1.10. The van der Waals surface area contributed by atoms with Crippen molar-refractivity contribution in [3.63, 3.8) is 0 Å². The van der Waals surface area contributed by atoms with Gasteiger partial charge in [-0.2, -0.15) is 0 Å². The average Bonchev–Trinajstić information content (AvgIpc) is 3.00. The molecule has 0 bridgehead atoms. The van der Waals surface area contributed by atoms with Gasteiger partial charge < -0.3 is 25.0 Å². The van der Waals surface area contributed by atoms with Crippen molar-refractivity contribution >= 4 is 21.5 Å². The topological polar surface area (TPSA) is 156 Å². The third-order valence-corrected chi connectivity index (χ3v) is 2.41. The van der Waals surface area contributed by atoms with Crippen molar-refractivity contribution in [2.24, 2.45) is 11.5 Å². The van der Waals surface area contributed by atoms with E-state index in [0.717, 1.165) is 12.1 Å². The first-order chi connectivity index (χ1) is 11.0. The summed E-state index contributed by atoms with van der Waals surface area (Å²) in [7, 11) is 6.25. The molecule has 25 heavy (non-hydrogen) atoms. The molecule has 1 aromatic carbocycles. The molecule has 0 radical (unpaired) electrons. The molecular formula is C14H18N2O7W2.